The zero-order valence-electron chi connectivity index (χ0n) is 13.3. The van der Waals surface area contributed by atoms with E-state index in [2.05, 4.69) is 16.8 Å². The van der Waals surface area contributed by atoms with E-state index in [-0.39, 0.29) is 18.1 Å². The maximum absolute atomic E-state index is 12.8. The van der Waals surface area contributed by atoms with Crippen molar-refractivity contribution < 1.29 is 9.53 Å². The van der Waals surface area contributed by atoms with Crippen LogP contribution in [0.4, 0.5) is 0 Å². The molecule has 5 nitrogen and oxygen atoms in total. The van der Waals surface area contributed by atoms with Crippen LogP contribution >= 0.6 is 0 Å². The average molecular weight is 303 g/mol. The Kier molecular flexibility index (Phi) is 5.05. The molecule has 2 fully saturated rings. The molecule has 2 saturated heterocycles. The molecule has 120 valence electrons. The van der Waals surface area contributed by atoms with Crippen molar-refractivity contribution in [2.75, 3.05) is 32.8 Å². The van der Waals surface area contributed by atoms with Crippen LogP contribution in [0.2, 0.25) is 0 Å². The third-order valence-corrected chi connectivity index (χ3v) is 4.68. The maximum Gasteiger partial charge on any atom is 0.254 e. The number of amides is 1. The quantitative estimate of drug-likeness (QED) is 0.851. The molecule has 2 aliphatic rings. The van der Waals surface area contributed by atoms with E-state index in [0.29, 0.717) is 13.2 Å². The highest BCUT2D eigenvalue weighted by molar-refractivity contribution is 5.94. The second kappa shape index (κ2) is 7.20. The molecule has 2 aliphatic heterocycles. The van der Waals surface area contributed by atoms with Gasteiger partial charge >= 0.3 is 0 Å². The lowest BCUT2D eigenvalue weighted by molar-refractivity contribution is -0.0903. The molecule has 0 aliphatic carbocycles. The molecular formula is C17H25N3O2. The Morgan fingerprint density at radius 2 is 2.18 bits per heavy atom. The smallest absolute Gasteiger partial charge is 0.254 e. The van der Waals surface area contributed by atoms with Crippen molar-refractivity contribution in [2.24, 2.45) is 0 Å². The zero-order valence-corrected chi connectivity index (χ0v) is 13.3. The predicted molar refractivity (Wildman–Crippen MR) is 84.8 cm³/mol. The van der Waals surface area contributed by atoms with Gasteiger partial charge in [0, 0.05) is 37.6 Å². The number of hydrogen-bond acceptors (Lipinski definition) is 4. The van der Waals surface area contributed by atoms with Crippen LogP contribution in [-0.4, -0.2) is 65.6 Å². The van der Waals surface area contributed by atoms with Gasteiger partial charge in [-0.1, -0.05) is 13.3 Å². The van der Waals surface area contributed by atoms with E-state index in [1.165, 1.54) is 12.8 Å². The number of piperidine rings is 1. The number of aromatic nitrogens is 1. The number of carbonyl (C=O) groups is 1. The van der Waals surface area contributed by atoms with Crippen molar-refractivity contribution in [3.63, 3.8) is 0 Å². The van der Waals surface area contributed by atoms with Crippen molar-refractivity contribution in [1.29, 1.82) is 0 Å². The van der Waals surface area contributed by atoms with Crippen LogP contribution in [0, 0.1) is 0 Å². The second-order valence-corrected chi connectivity index (χ2v) is 6.15. The fourth-order valence-corrected chi connectivity index (χ4v) is 3.43. The molecule has 22 heavy (non-hydrogen) atoms. The molecule has 0 N–H and O–H groups in total. The van der Waals surface area contributed by atoms with E-state index in [1.54, 1.807) is 24.5 Å². The van der Waals surface area contributed by atoms with Gasteiger partial charge in [-0.15, -0.1) is 0 Å². The first-order valence-corrected chi connectivity index (χ1v) is 8.34. The van der Waals surface area contributed by atoms with E-state index in [0.717, 1.165) is 31.6 Å². The fraction of sp³-hybridized carbons (Fsp3) is 0.647. The third kappa shape index (κ3) is 3.31. The Balaban J connectivity index is 1.71. The van der Waals surface area contributed by atoms with Gasteiger partial charge in [0.25, 0.3) is 5.91 Å². The number of fused-ring (bicyclic) bond motifs is 1. The standard InChI is InChI=1S/C17H25N3O2/c1-2-3-9-19-10-6-16-15(13-19)20(11-12-22-16)17(21)14-4-7-18-8-5-14/h4-5,7-8,15-16H,2-3,6,9-13H2,1H3/t15-,16-/m1/s1. The normalized spacial score (nSPS) is 25.8. The highest BCUT2D eigenvalue weighted by Gasteiger charge is 2.39. The molecule has 1 amide bonds. The first-order chi connectivity index (χ1) is 10.8. The van der Waals surface area contributed by atoms with Crippen molar-refractivity contribution in [1.82, 2.24) is 14.8 Å². The Hall–Kier alpha value is -1.46. The van der Waals surface area contributed by atoms with E-state index in [9.17, 15) is 4.79 Å². The van der Waals surface area contributed by atoms with Gasteiger partial charge in [-0.05, 0) is 31.5 Å². The largest absolute Gasteiger partial charge is 0.374 e. The van der Waals surface area contributed by atoms with Crippen molar-refractivity contribution >= 4 is 5.91 Å². The van der Waals surface area contributed by atoms with Gasteiger partial charge in [0.05, 0.1) is 18.8 Å². The van der Waals surface area contributed by atoms with Gasteiger partial charge in [-0.2, -0.15) is 0 Å². The summed E-state index contributed by atoms with van der Waals surface area (Å²) >= 11 is 0. The van der Waals surface area contributed by atoms with E-state index < -0.39 is 0 Å². The number of pyridine rings is 1. The van der Waals surface area contributed by atoms with Gasteiger partial charge in [0.2, 0.25) is 0 Å². The number of hydrogen-bond donors (Lipinski definition) is 0. The molecule has 0 saturated carbocycles. The average Bonchev–Trinajstić information content (AvgIpc) is 2.59. The summed E-state index contributed by atoms with van der Waals surface area (Å²) in [6.07, 6.45) is 7.00. The summed E-state index contributed by atoms with van der Waals surface area (Å²) in [5.41, 5.74) is 0.723. The molecule has 0 spiro atoms. The molecule has 3 heterocycles. The second-order valence-electron chi connectivity index (χ2n) is 6.15. The van der Waals surface area contributed by atoms with E-state index in [4.69, 9.17) is 4.74 Å². The molecule has 1 aromatic rings. The lowest BCUT2D eigenvalue weighted by atomic mass is 9.97. The minimum atomic E-state index is 0.109. The first-order valence-electron chi connectivity index (χ1n) is 8.34. The minimum Gasteiger partial charge on any atom is -0.374 e. The van der Waals surface area contributed by atoms with Crippen LogP contribution in [0.3, 0.4) is 0 Å². The molecule has 3 rings (SSSR count). The van der Waals surface area contributed by atoms with E-state index in [1.807, 2.05) is 4.90 Å². The van der Waals surface area contributed by atoms with Crippen LogP contribution in [0.5, 0.6) is 0 Å². The topological polar surface area (TPSA) is 45.7 Å². The molecule has 0 unspecified atom stereocenters. The number of nitrogens with zero attached hydrogens (tertiary/aromatic N) is 3. The lowest BCUT2D eigenvalue weighted by Crippen LogP contribution is -2.61. The Morgan fingerprint density at radius 1 is 1.36 bits per heavy atom. The summed E-state index contributed by atoms with van der Waals surface area (Å²) in [6.45, 7) is 6.68. The van der Waals surface area contributed by atoms with Gasteiger partial charge in [0.1, 0.15) is 0 Å². The highest BCUT2D eigenvalue weighted by Crippen LogP contribution is 2.24. The Bertz CT molecular complexity index is 494. The monoisotopic (exact) mass is 303 g/mol. The number of carbonyl (C=O) groups excluding carboxylic acids is 1. The van der Waals surface area contributed by atoms with Crippen LogP contribution in [0.25, 0.3) is 0 Å². The van der Waals surface area contributed by atoms with Crippen LogP contribution in [-0.2, 0) is 4.74 Å². The summed E-state index contributed by atoms with van der Waals surface area (Å²) in [4.78, 5) is 21.3. The number of morpholine rings is 1. The summed E-state index contributed by atoms with van der Waals surface area (Å²) in [6, 6.07) is 3.77. The molecule has 1 aromatic heterocycles. The lowest BCUT2D eigenvalue weighted by Gasteiger charge is -2.47. The van der Waals surface area contributed by atoms with E-state index >= 15 is 0 Å². The first kappa shape index (κ1) is 15.4. The number of likely N-dealkylation sites (tertiary alicyclic amines) is 1. The van der Waals surface area contributed by atoms with Crippen molar-refractivity contribution in [3.8, 4) is 0 Å². The minimum absolute atomic E-state index is 0.109. The van der Waals surface area contributed by atoms with Crippen LogP contribution in [0.1, 0.15) is 36.5 Å². The molecule has 0 bridgehead atoms. The number of rotatable bonds is 4. The third-order valence-electron chi connectivity index (χ3n) is 4.68. The molecule has 0 radical (unpaired) electrons. The summed E-state index contributed by atoms with van der Waals surface area (Å²) in [5.74, 6) is 0.109. The molecular weight excluding hydrogens is 278 g/mol. The number of unbranched alkanes of at least 4 members (excludes halogenated alkanes) is 1. The number of ether oxygens (including phenoxy) is 1. The fourth-order valence-electron chi connectivity index (χ4n) is 3.43. The van der Waals surface area contributed by atoms with Gasteiger partial charge < -0.3 is 14.5 Å². The van der Waals surface area contributed by atoms with Crippen molar-refractivity contribution in [2.45, 2.75) is 38.3 Å². The highest BCUT2D eigenvalue weighted by atomic mass is 16.5. The van der Waals surface area contributed by atoms with Crippen LogP contribution in [0.15, 0.2) is 24.5 Å². The molecule has 0 aromatic carbocycles. The van der Waals surface area contributed by atoms with Crippen LogP contribution < -0.4 is 0 Å². The van der Waals surface area contributed by atoms with Gasteiger partial charge in [-0.25, -0.2) is 0 Å². The summed E-state index contributed by atoms with van der Waals surface area (Å²) in [7, 11) is 0. The summed E-state index contributed by atoms with van der Waals surface area (Å²) in [5, 5.41) is 0. The molecule has 5 heteroatoms. The zero-order chi connectivity index (χ0) is 15.4. The Labute approximate surface area is 132 Å². The van der Waals surface area contributed by atoms with Crippen molar-refractivity contribution in [3.05, 3.63) is 30.1 Å². The SMILES string of the molecule is CCCCN1CC[C@H]2OCCN(C(=O)c3ccncc3)[C@@H]2C1. The predicted octanol–water partition coefficient (Wildman–Crippen LogP) is 1.80. The summed E-state index contributed by atoms with van der Waals surface area (Å²) < 4.78 is 5.92. The van der Waals surface area contributed by atoms with Gasteiger partial charge in [0.15, 0.2) is 0 Å². The van der Waals surface area contributed by atoms with Gasteiger partial charge in [-0.3, -0.25) is 9.78 Å². The maximum atomic E-state index is 12.8. The Morgan fingerprint density at radius 3 is 2.95 bits per heavy atom. The molecule has 2 atom stereocenters.